The molecule has 1 saturated carbocycles. The molecule has 4 heteroatoms. The maximum absolute atomic E-state index is 11.7. The van der Waals surface area contributed by atoms with Crippen LogP contribution in [0.4, 0.5) is 0 Å². The van der Waals surface area contributed by atoms with Gasteiger partial charge in [0.1, 0.15) is 5.54 Å². The molecule has 3 N–H and O–H groups in total. The van der Waals surface area contributed by atoms with E-state index in [0.717, 1.165) is 25.4 Å². The van der Waals surface area contributed by atoms with Crippen LogP contribution < -0.4 is 11.1 Å². The summed E-state index contributed by atoms with van der Waals surface area (Å²) in [5.74, 6) is 0.540. The average Bonchev–Trinajstić information content (AvgIpc) is 2.37. The maximum Gasteiger partial charge on any atom is 0.238 e. The number of primary amides is 1. The van der Waals surface area contributed by atoms with Gasteiger partial charge in [-0.25, -0.2) is 0 Å². The molecule has 0 aromatic rings. The van der Waals surface area contributed by atoms with Crippen molar-refractivity contribution in [2.75, 3.05) is 26.7 Å². The van der Waals surface area contributed by atoms with E-state index in [1.54, 1.807) is 0 Å². The first kappa shape index (κ1) is 16.4. The third-order valence-corrected chi connectivity index (χ3v) is 4.19. The Kier molecular flexibility index (Phi) is 6.80. The predicted octanol–water partition coefficient (Wildman–Crippen LogP) is 1.74. The minimum Gasteiger partial charge on any atom is -0.368 e. The van der Waals surface area contributed by atoms with Crippen molar-refractivity contribution in [3.63, 3.8) is 0 Å². The zero-order valence-electron chi connectivity index (χ0n) is 12.9. The lowest BCUT2D eigenvalue weighted by Gasteiger charge is -2.34. The molecule has 1 rings (SSSR count). The van der Waals surface area contributed by atoms with Gasteiger partial charge in [0.25, 0.3) is 0 Å². The zero-order valence-corrected chi connectivity index (χ0v) is 12.9. The van der Waals surface area contributed by atoms with Crippen molar-refractivity contribution >= 4 is 5.91 Å². The molecule has 0 radical (unpaired) electrons. The largest absolute Gasteiger partial charge is 0.368 e. The molecule has 0 aliphatic heterocycles. The van der Waals surface area contributed by atoms with Crippen LogP contribution in [-0.4, -0.2) is 43.0 Å². The van der Waals surface area contributed by atoms with Gasteiger partial charge in [-0.3, -0.25) is 4.79 Å². The van der Waals surface area contributed by atoms with Crippen LogP contribution in [0.15, 0.2) is 0 Å². The van der Waals surface area contributed by atoms with E-state index in [9.17, 15) is 4.79 Å². The number of hydrogen-bond donors (Lipinski definition) is 2. The molecule has 0 bridgehead atoms. The lowest BCUT2D eigenvalue weighted by Crippen LogP contribution is -2.59. The van der Waals surface area contributed by atoms with Gasteiger partial charge in [0.2, 0.25) is 5.91 Å². The molecule has 1 amide bonds. The van der Waals surface area contributed by atoms with Crippen LogP contribution in [0, 0.1) is 5.92 Å². The van der Waals surface area contributed by atoms with E-state index >= 15 is 0 Å². The second-order valence-corrected chi connectivity index (χ2v) is 6.32. The monoisotopic (exact) mass is 269 g/mol. The van der Waals surface area contributed by atoms with E-state index in [4.69, 9.17) is 5.73 Å². The normalized spacial score (nSPS) is 20.4. The Morgan fingerprint density at radius 3 is 2.53 bits per heavy atom. The molecule has 1 aliphatic rings. The van der Waals surface area contributed by atoms with Crippen molar-refractivity contribution in [1.29, 1.82) is 0 Å². The van der Waals surface area contributed by atoms with Crippen molar-refractivity contribution in [3.8, 4) is 0 Å². The summed E-state index contributed by atoms with van der Waals surface area (Å²) >= 11 is 0. The van der Waals surface area contributed by atoms with Gasteiger partial charge in [-0.15, -0.1) is 0 Å². The maximum atomic E-state index is 11.7. The highest BCUT2D eigenvalue weighted by atomic mass is 16.1. The lowest BCUT2D eigenvalue weighted by molar-refractivity contribution is -0.124. The second-order valence-electron chi connectivity index (χ2n) is 6.32. The van der Waals surface area contributed by atoms with Gasteiger partial charge in [0.05, 0.1) is 0 Å². The van der Waals surface area contributed by atoms with Crippen LogP contribution in [-0.2, 0) is 4.79 Å². The summed E-state index contributed by atoms with van der Waals surface area (Å²) in [6.07, 6.45) is 7.78. The summed E-state index contributed by atoms with van der Waals surface area (Å²) in [6.45, 7) is 6.62. The van der Waals surface area contributed by atoms with Crippen LogP contribution >= 0.6 is 0 Å². The number of carbonyl (C=O) groups is 1. The van der Waals surface area contributed by atoms with Gasteiger partial charge in [0.15, 0.2) is 0 Å². The van der Waals surface area contributed by atoms with Gasteiger partial charge in [-0.05, 0) is 45.7 Å². The smallest absolute Gasteiger partial charge is 0.238 e. The van der Waals surface area contributed by atoms with Crippen molar-refractivity contribution < 1.29 is 4.79 Å². The number of nitrogens with two attached hydrogens (primary N) is 1. The first-order valence-electron chi connectivity index (χ1n) is 7.71. The number of hydrogen-bond acceptors (Lipinski definition) is 3. The van der Waals surface area contributed by atoms with E-state index in [1.807, 2.05) is 6.92 Å². The Labute approximate surface area is 118 Å². The summed E-state index contributed by atoms with van der Waals surface area (Å²) in [4.78, 5) is 14.0. The molecule has 0 aromatic heterocycles. The highest BCUT2D eigenvalue weighted by Gasteiger charge is 2.32. The molecule has 0 spiro atoms. The first-order chi connectivity index (χ1) is 8.98. The molecular weight excluding hydrogens is 238 g/mol. The van der Waals surface area contributed by atoms with Crippen LogP contribution in [0.25, 0.3) is 0 Å². The van der Waals surface area contributed by atoms with E-state index in [0.29, 0.717) is 6.54 Å². The molecule has 0 aromatic carbocycles. The van der Waals surface area contributed by atoms with Gasteiger partial charge >= 0.3 is 0 Å². The highest BCUT2D eigenvalue weighted by Crippen LogP contribution is 2.24. The Bertz CT molecular complexity index is 277. The number of amides is 1. The van der Waals surface area contributed by atoms with Crippen molar-refractivity contribution in [2.24, 2.45) is 11.7 Å². The molecule has 112 valence electrons. The fourth-order valence-electron chi connectivity index (χ4n) is 3.04. The van der Waals surface area contributed by atoms with Crippen molar-refractivity contribution in [3.05, 3.63) is 0 Å². The minimum absolute atomic E-state index is 0.253. The third kappa shape index (κ3) is 5.49. The molecule has 1 fully saturated rings. The Morgan fingerprint density at radius 2 is 2.00 bits per heavy atom. The van der Waals surface area contributed by atoms with Gasteiger partial charge in [-0.1, -0.05) is 26.2 Å². The Hall–Kier alpha value is -0.610. The highest BCUT2D eigenvalue weighted by molar-refractivity contribution is 5.84. The first-order valence-corrected chi connectivity index (χ1v) is 7.71. The predicted molar refractivity (Wildman–Crippen MR) is 80.0 cm³/mol. The standard InChI is InChI=1S/C15H31N3O/c1-4-10-17-15(2,14(16)19)12-18(3)11-13-8-6-5-7-9-13/h13,17H,4-12H2,1-3H3,(H2,16,19). The molecule has 1 aliphatic carbocycles. The van der Waals surface area contributed by atoms with E-state index in [2.05, 4.69) is 24.2 Å². The lowest BCUT2D eigenvalue weighted by atomic mass is 9.88. The topological polar surface area (TPSA) is 58.4 Å². The number of nitrogens with one attached hydrogen (secondary N) is 1. The Morgan fingerprint density at radius 1 is 1.37 bits per heavy atom. The molecule has 1 unspecified atom stereocenters. The quantitative estimate of drug-likeness (QED) is 0.706. The van der Waals surface area contributed by atoms with Gasteiger partial charge < -0.3 is 16.0 Å². The number of likely N-dealkylation sites (N-methyl/N-ethyl adjacent to an activating group) is 1. The third-order valence-electron chi connectivity index (χ3n) is 4.19. The summed E-state index contributed by atoms with van der Waals surface area (Å²) < 4.78 is 0. The number of rotatable bonds is 8. The van der Waals surface area contributed by atoms with Crippen LogP contribution in [0.3, 0.4) is 0 Å². The Balaban J connectivity index is 2.45. The molecule has 0 heterocycles. The fraction of sp³-hybridized carbons (Fsp3) is 0.933. The van der Waals surface area contributed by atoms with E-state index < -0.39 is 5.54 Å². The average molecular weight is 269 g/mol. The molecule has 0 saturated heterocycles. The minimum atomic E-state index is -0.612. The SMILES string of the molecule is CCCNC(C)(CN(C)CC1CCCCC1)C(N)=O. The summed E-state index contributed by atoms with van der Waals surface area (Å²) in [5.41, 5.74) is 4.95. The van der Waals surface area contributed by atoms with Crippen LogP contribution in [0.2, 0.25) is 0 Å². The summed E-state index contributed by atoms with van der Waals surface area (Å²) in [7, 11) is 2.10. The number of nitrogens with zero attached hydrogens (tertiary/aromatic N) is 1. The molecule has 4 nitrogen and oxygen atoms in total. The van der Waals surface area contributed by atoms with Crippen molar-refractivity contribution in [2.45, 2.75) is 57.9 Å². The van der Waals surface area contributed by atoms with Crippen LogP contribution in [0.1, 0.15) is 52.4 Å². The van der Waals surface area contributed by atoms with E-state index in [1.165, 1.54) is 32.1 Å². The molecular formula is C15H31N3O. The molecule has 1 atom stereocenters. The van der Waals surface area contributed by atoms with Gasteiger partial charge in [0, 0.05) is 13.1 Å². The zero-order chi connectivity index (χ0) is 14.3. The van der Waals surface area contributed by atoms with Crippen molar-refractivity contribution in [1.82, 2.24) is 10.2 Å². The second kappa shape index (κ2) is 7.85. The summed E-state index contributed by atoms with van der Waals surface area (Å²) in [6, 6.07) is 0. The fourth-order valence-corrected chi connectivity index (χ4v) is 3.04. The molecule has 19 heavy (non-hydrogen) atoms. The summed E-state index contributed by atoms with van der Waals surface area (Å²) in [5, 5.41) is 3.30. The van der Waals surface area contributed by atoms with Gasteiger partial charge in [-0.2, -0.15) is 0 Å². The van der Waals surface area contributed by atoms with E-state index in [-0.39, 0.29) is 5.91 Å². The number of carbonyl (C=O) groups excluding carboxylic acids is 1. The van der Waals surface area contributed by atoms with Crippen LogP contribution in [0.5, 0.6) is 0 Å².